The van der Waals surface area contributed by atoms with E-state index in [-0.39, 0.29) is 17.2 Å². The number of benzene rings is 2. The van der Waals surface area contributed by atoms with E-state index in [4.69, 9.17) is 11.6 Å². The van der Waals surface area contributed by atoms with Crippen LogP contribution in [0.3, 0.4) is 0 Å². The molecular formula is C19H20ClFN2O3S. The Balaban J connectivity index is 1.75. The molecule has 8 heteroatoms. The Bertz CT molecular complexity index is 919. The quantitative estimate of drug-likeness (QED) is 0.808. The Morgan fingerprint density at radius 3 is 2.63 bits per heavy atom. The standard InChI is InChI=1S/C19H20ClFN2O3S/c20-14-7-9-18(10-8-14)27(25,26)23-11-2-1-6-17(23)13-19(24)22-16-5-3-4-15(21)12-16/h3-5,7-10,12,17H,1-2,6,11,13H2,(H,22,24)/t17-/m0/s1. The van der Waals surface area contributed by atoms with Gasteiger partial charge < -0.3 is 5.32 Å². The van der Waals surface area contributed by atoms with Crippen molar-refractivity contribution in [3.8, 4) is 0 Å². The molecule has 1 atom stereocenters. The minimum Gasteiger partial charge on any atom is -0.326 e. The summed E-state index contributed by atoms with van der Waals surface area (Å²) in [6, 6.07) is 11.2. The van der Waals surface area contributed by atoms with Gasteiger partial charge in [0.05, 0.1) is 4.90 Å². The predicted molar refractivity (Wildman–Crippen MR) is 103 cm³/mol. The molecule has 1 amide bonds. The summed E-state index contributed by atoms with van der Waals surface area (Å²) >= 11 is 5.85. The van der Waals surface area contributed by atoms with E-state index >= 15 is 0 Å². The molecule has 3 rings (SSSR count). The van der Waals surface area contributed by atoms with Crippen molar-refractivity contribution in [2.24, 2.45) is 0 Å². The summed E-state index contributed by atoms with van der Waals surface area (Å²) in [5.74, 6) is -0.791. The van der Waals surface area contributed by atoms with E-state index in [1.165, 1.54) is 46.8 Å². The molecule has 0 bridgehead atoms. The van der Waals surface area contributed by atoms with Crippen LogP contribution in [0.5, 0.6) is 0 Å². The third-order valence-electron chi connectivity index (χ3n) is 4.52. The summed E-state index contributed by atoms with van der Waals surface area (Å²) in [5.41, 5.74) is 0.350. The average molecular weight is 411 g/mol. The van der Waals surface area contributed by atoms with Crippen molar-refractivity contribution >= 4 is 33.2 Å². The van der Waals surface area contributed by atoms with Crippen molar-refractivity contribution in [2.45, 2.75) is 36.6 Å². The smallest absolute Gasteiger partial charge is 0.243 e. The van der Waals surface area contributed by atoms with Crippen molar-refractivity contribution in [1.82, 2.24) is 4.31 Å². The summed E-state index contributed by atoms with van der Waals surface area (Å²) in [6.45, 7) is 0.364. The number of carbonyl (C=O) groups is 1. The SMILES string of the molecule is O=C(C[C@@H]1CCCCN1S(=O)(=O)c1ccc(Cl)cc1)Nc1cccc(F)c1. The largest absolute Gasteiger partial charge is 0.326 e. The van der Waals surface area contributed by atoms with E-state index in [0.717, 1.165) is 12.8 Å². The molecule has 0 spiro atoms. The number of nitrogens with one attached hydrogen (secondary N) is 1. The van der Waals surface area contributed by atoms with E-state index in [1.807, 2.05) is 0 Å². The maximum absolute atomic E-state index is 13.3. The third-order valence-corrected chi connectivity index (χ3v) is 6.74. The topological polar surface area (TPSA) is 66.5 Å². The number of hydrogen-bond donors (Lipinski definition) is 1. The number of nitrogens with zero attached hydrogens (tertiary/aromatic N) is 1. The predicted octanol–water partition coefficient (Wildman–Crippen LogP) is 4.05. The summed E-state index contributed by atoms with van der Waals surface area (Å²) < 4.78 is 40.6. The number of halogens is 2. The number of anilines is 1. The van der Waals surface area contributed by atoms with E-state index < -0.39 is 21.9 Å². The van der Waals surface area contributed by atoms with Crippen LogP contribution in [-0.2, 0) is 14.8 Å². The van der Waals surface area contributed by atoms with Crippen molar-refractivity contribution in [2.75, 3.05) is 11.9 Å². The van der Waals surface area contributed by atoms with Gasteiger partial charge in [-0.1, -0.05) is 24.1 Å². The Hall–Kier alpha value is -1.96. The molecule has 1 N–H and O–H groups in total. The van der Waals surface area contributed by atoms with E-state index in [2.05, 4.69) is 5.32 Å². The second-order valence-electron chi connectivity index (χ2n) is 6.48. The van der Waals surface area contributed by atoms with Crippen LogP contribution >= 0.6 is 11.6 Å². The molecule has 1 fully saturated rings. The summed E-state index contributed by atoms with van der Waals surface area (Å²) in [4.78, 5) is 12.5. The molecule has 1 heterocycles. The lowest BCUT2D eigenvalue weighted by atomic mass is 10.0. The minimum atomic E-state index is -3.72. The van der Waals surface area contributed by atoms with Gasteiger partial charge in [-0.15, -0.1) is 0 Å². The van der Waals surface area contributed by atoms with Crippen LogP contribution in [0.15, 0.2) is 53.4 Å². The van der Waals surface area contributed by atoms with Crippen molar-refractivity contribution in [1.29, 1.82) is 0 Å². The minimum absolute atomic E-state index is 0.0172. The van der Waals surface area contributed by atoms with Crippen LogP contribution in [0.2, 0.25) is 5.02 Å². The monoisotopic (exact) mass is 410 g/mol. The molecule has 2 aromatic rings. The first-order valence-corrected chi connectivity index (χ1v) is 10.5. The first-order chi connectivity index (χ1) is 12.9. The van der Waals surface area contributed by atoms with Gasteiger partial charge in [0.25, 0.3) is 0 Å². The Kier molecular flexibility index (Phi) is 6.14. The number of rotatable bonds is 5. The van der Waals surface area contributed by atoms with Gasteiger partial charge in [0, 0.05) is 29.7 Å². The highest BCUT2D eigenvalue weighted by molar-refractivity contribution is 7.89. The Labute approximate surface area is 163 Å². The maximum atomic E-state index is 13.3. The van der Waals surface area contributed by atoms with Gasteiger partial charge in [0.1, 0.15) is 5.82 Å². The molecule has 5 nitrogen and oxygen atoms in total. The Morgan fingerprint density at radius 1 is 1.19 bits per heavy atom. The average Bonchev–Trinajstić information content (AvgIpc) is 2.62. The number of amides is 1. The van der Waals surface area contributed by atoms with Crippen LogP contribution in [-0.4, -0.2) is 31.2 Å². The molecule has 2 aromatic carbocycles. The fraction of sp³-hybridized carbons (Fsp3) is 0.316. The van der Waals surface area contributed by atoms with Crippen LogP contribution in [0.1, 0.15) is 25.7 Å². The highest BCUT2D eigenvalue weighted by Crippen LogP contribution is 2.28. The van der Waals surface area contributed by atoms with Crippen molar-refractivity contribution < 1.29 is 17.6 Å². The summed E-state index contributed by atoms with van der Waals surface area (Å²) in [7, 11) is -3.72. The first kappa shape index (κ1) is 19.8. The van der Waals surface area contributed by atoms with Crippen molar-refractivity contribution in [3.05, 3.63) is 59.4 Å². The van der Waals surface area contributed by atoms with Crippen LogP contribution in [0.25, 0.3) is 0 Å². The summed E-state index contributed by atoms with van der Waals surface area (Å²) in [6.07, 6.45) is 2.21. The molecule has 1 aliphatic heterocycles. The highest BCUT2D eigenvalue weighted by Gasteiger charge is 2.34. The zero-order chi connectivity index (χ0) is 19.4. The van der Waals surface area contributed by atoms with Gasteiger partial charge in [-0.3, -0.25) is 4.79 Å². The Morgan fingerprint density at radius 2 is 1.93 bits per heavy atom. The van der Waals surface area contributed by atoms with Gasteiger partial charge in [0.15, 0.2) is 0 Å². The van der Waals surface area contributed by atoms with Gasteiger partial charge in [-0.05, 0) is 55.3 Å². The van der Waals surface area contributed by atoms with Crippen molar-refractivity contribution in [3.63, 3.8) is 0 Å². The van der Waals surface area contributed by atoms with E-state index in [9.17, 15) is 17.6 Å². The molecule has 0 aromatic heterocycles. The first-order valence-electron chi connectivity index (χ1n) is 8.69. The molecule has 0 unspecified atom stereocenters. The molecule has 1 aliphatic rings. The molecular weight excluding hydrogens is 391 g/mol. The van der Waals surface area contributed by atoms with E-state index in [0.29, 0.717) is 23.7 Å². The zero-order valence-electron chi connectivity index (χ0n) is 14.6. The summed E-state index contributed by atoms with van der Waals surface area (Å²) in [5, 5.41) is 3.09. The van der Waals surface area contributed by atoms with Crippen LogP contribution in [0, 0.1) is 5.82 Å². The van der Waals surface area contributed by atoms with Gasteiger partial charge in [-0.2, -0.15) is 4.31 Å². The zero-order valence-corrected chi connectivity index (χ0v) is 16.1. The van der Waals surface area contributed by atoms with Gasteiger partial charge in [0.2, 0.25) is 15.9 Å². The lowest BCUT2D eigenvalue weighted by molar-refractivity contribution is -0.117. The maximum Gasteiger partial charge on any atom is 0.243 e. The molecule has 0 aliphatic carbocycles. The highest BCUT2D eigenvalue weighted by atomic mass is 35.5. The van der Waals surface area contributed by atoms with Crippen LogP contribution < -0.4 is 5.32 Å². The number of piperidine rings is 1. The number of hydrogen-bond acceptors (Lipinski definition) is 3. The fourth-order valence-electron chi connectivity index (χ4n) is 3.23. The molecule has 144 valence electrons. The lowest BCUT2D eigenvalue weighted by Crippen LogP contribution is -2.45. The second-order valence-corrected chi connectivity index (χ2v) is 8.81. The lowest BCUT2D eigenvalue weighted by Gasteiger charge is -2.34. The molecule has 0 radical (unpaired) electrons. The molecule has 0 saturated carbocycles. The fourth-order valence-corrected chi connectivity index (χ4v) is 5.05. The third kappa shape index (κ3) is 4.86. The normalized spacial score (nSPS) is 18.2. The van der Waals surface area contributed by atoms with Gasteiger partial charge in [-0.25, -0.2) is 12.8 Å². The van der Waals surface area contributed by atoms with E-state index in [1.54, 1.807) is 6.07 Å². The molecule has 27 heavy (non-hydrogen) atoms. The molecule has 1 saturated heterocycles. The van der Waals surface area contributed by atoms with Crippen LogP contribution in [0.4, 0.5) is 10.1 Å². The second kappa shape index (κ2) is 8.37. The number of sulfonamides is 1. The van der Waals surface area contributed by atoms with Gasteiger partial charge >= 0.3 is 0 Å². The number of carbonyl (C=O) groups excluding carboxylic acids is 1.